The van der Waals surface area contributed by atoms with Gasteiger partial charge in [-0.3, -0.25) is 28.6 Å². The van der Waals surface area contributed by atoms with Gasteiger partial charge in [0.2, 0.25) is 0 Å². The Morgan fingerprint density at radius 2 is 0.923 bits per heavy atom. The van der Waals surface area contributed by atoms with Gasteiger partial charge in [0.05, 0.1) is 85.6 Å². The van der Waals surface area contributed by atoms with Gasteiger partial charge in [-0.05, 0) is 88.4 Å². The fourth-order valence-corrected chi connectivity index (χ4v) is 6.83. The molecule has 0 aliphatic rings. The Morgan fingerprint density at radius 3 is 1.17 bits per heavy atom. The van der Waals surface area contributed by atoms with Crippen molar-refractivity contribution in [3.8, 4) is 0 Å². The molecule has 0 aliphatic heterocycles. The molecule has 4 rings (SSSR count). The van der Waals surface area contributed by atoms with Crippen molar-refractivity contribution in [2.45, 2.75) is 39.9 Å². The van der Waals surface area contributed by atoms with Crippen LogP contribution in [0.15, 0.2) is 105 Å². The number of nitro benzene ring substituents is 2. The molecule has 20 nitrogen and oxygen atoms in total. The van der Waals surface area contributed by atoms with Crippen LogP contribution >= 0.6 is 23.2 Å². The van der Waals surface area contributed by atoms with E-state index in [-0.39, 0.29) is 33.6 Å². The third kappa shape index (κ3) is 22.0. The van der Waals surface area contributed by atoms with Crippen molar-refractivity contribution in [1.29, 1.82) is 0 Å². The molecule has 0 bridgehead atoms. The highest BCUT2D eigenvalue weighted by Crippen LogP contribution is 2.32. The van der Waals surface area contributed by atoms with Crippen LogP contribution in [0, 0.1) is 20.2 Å². The zero-order chi connectivity index (χ0) is 49.1. The first kappa shape index (κ1) is 55.9. The molecule has 4 aromatic rings. The van der Waals surface area contributed by atoms with E-state index >= 15 is 0 Å². The summed E-state index contributed by atoms with van der Waals surface area (Å²) in [6.45, 7) is 14.6. The molecule has 0 aromatic heterocycles. The molecule has 0 amide bonds. The number of hydrogen-bond acceptors (Lipinski definition) is 16. The van der Waals surface area contributed by atoms with E-state index < -0.39 is 20.2 Å². The number of nitro groups is 2. The molecule has 2 N–H and O–H groups in total. The normalized spacial score (nSPS) is 12.8. The molecule has 0 radical (unpaired) electrons. The molecule has 0 aliphatic carbocycles. The second-order valence-corrected chi connectivity index (χ2v) is 17.8. The maximum absolute atomic E-state index is 10.8. The first-order valence-electron chi connectivity index (χ1n) is 20.3. The van der Waals surface area contributed by atoms with Crippen LogP contribution in [0.2, 0.25) is 10.0 Å². The van der Waals surface area contributed by atoms with Crippen LogP contribution in [0.4, 0.5) is 45.5 Å². The standard InChI is InChI=1S/2C21H29ClN5O3.H2O4S/c2*1-5-25(12-13-27(3,4)15-16(2)28)18-8-6-17(7-9-18)23-24-21-11-10-19(26(29)30)14-20(21)22;1-5(2,3)4/h2*6-11,14,16,28H,5,12-13,15H2,1-4H3;(H2,1,2,3,4)/q2*+1;/p-2. The predicted molar refractivity (Wildman–Crippen MR) is 251 cm³/mol. The topological polar surface area (TPSA) is 263 Å². The maximum atomic E-state index is 10.8. The first-order valence-corrected chi connectivity index (χ1v) is 22.4. The molecule has 0 saturated carbocycles. The summed E-state index contributed by atoms with van der Waals surface area (Å²) >= 11 is 12.1. The average Bonchev–Trinajstić information content (AvgIpc) is 3.19. The molecule has 0 spiro atoms. The molecule has 0 heterocycles. The van der Waals surface area contributed by atoms with E-state index in [4.69, 9.17) is 40.7 Å². The highest BCUT2D eigenvalue weighted by Gasteiger charge is 2.21. The SMILES string of the molecule is CCN(CC[N+](C)(C)CC(C)O)c1ccc(N=Nc2ccc([N+](=O)[O-])cc2Cl)cc1.CCN(CC[N+](C)(C)CC(C)O)c1ccc(N=Nc2ccc([N+](=O)[O-])cc2Cl)cc1.O=S(=O)([O-])[O-]. The van der Waals surface area contributed by atoms with Gasteiger partial charge in [-0.15, -0.1) is 10.2 Å². The molecule has 23 heteroatoms. The molecular weight excluding hydrogens is 907 g/mol. The van der Waals surface area contributed by atoms with E-state index in [0.29, 0.717) is 35.8 Å². The molecule has 65 heavy (non-hydrogen) atoms. The van der Waals surface area contributed by atoms with Crippen molar-refractivity contribution in [2.75, 3.05) is 90.3 Å². The number of non-ortho nitro benzene ring substituents is 2. The molecular formula is C42H58Cl2N10O10S. The Bertz CT molecular complexity index is 2160. The molecule has 356 valence electrons. The zero-order valence-corrected chi connectivity index (χ0v) is 40.0. The van der Waals surface area contributed by atoms with Gasteiger partial charge in [0.15, 0.2) is 0 Å². The summed E-state index contributed by atoms with van der Waals surface area (Å²) in [4.78, 5) is 25.1. The smallest absolute Gasteiger partial charge is 0.271 e. The summed E-state index contributed by atoms with van der Waals surface area (Å²) in [5.41, 5.74) is 4.07. The second kappa shape index (κ2) is 26.1. The van der Waals surface area contributed by atoms with E-state index in [1.54, 1.807) is 0 Å². The Kier molecular flexibility index (Phi) is 22.4. The Morgan fingerprint density at radius 1 is 0.615 bits per heavy atom. The van der Waals surface area contributed by atoms with Crippen LogP contribution < -0.4 is 9.80 Å². The minimum Gasteiger partial charge on any atom is -0.759 e. The van der Waals surface area contributed by atoms with E-state index in [2.05, 4.69) is 72.3 Å². The van der Waals surface area contributed by atoms with Crippen molar-refractivity contribution in [2.24, 2.45) is 20.5 Å². The third-order valence-corrected chi connectivity index (χ3v) is 10.1. The van der Waals surface area contributed by atoms with Gasteiger partial charge in [0, 0.05) is 59.1 Å². The molecule has 2 unspecified atom stereocenters. The number of quaternary nitrogens is 2. The van der Waals surface area contributed by atoms with Crippen LogP contribution in [0.1, 0.15) is 27.7 Å². The Labute approximate surface area is 390 Å². The number of halogens is 2. The quantitative estimate of drug-likeness (QED) is 0.0211. The monoisotopic (exact) mass is 964 g/mol. The summed E-state index contributed by atoms with van der Waals surface area (Å²) in [6, 6.07) is 23.6. The van der Waals surface area contributed by atoms with Crippen molar-refractivity contribution in [3.63, 3.8) is 0 Å². The highest BCUT2D eigenvalue weighted by molar-refractivity contribution is 7.79. The van der Waals surface area contributed by atoms with Crippen LogP contribution in [0.25, 0.3) is 0 Å². The van der Waals surface area contributed by atoms with Gasteiger partial charge < -0.3 is 38.1 Å². The number of likely N-dealkylation sites (N-methyl/N-ethyl adjacent to an activating group) is 4. The summed E-state index contributed by atoms with van der Waals surface area (Å²) in [5, 5.41) is 57.8. The number of benzene rings is 4. The molecule has 0 fully saturated rings. The lowest BCUT2D eigenvalue weighted by Gasteiger charge is -2.34. The summed E-state index contributed by atoms with van der Waals surface area (Å²) in [6.07, 6.45) is -0.659. The maximum Gasteiger partial charge on any atom is 0.271 e. The van der Waals surface area contributed by atoms with E-state index in [9.17, 15) is 30.4 Å². The second-order valence-electron chi connectivity index (χ2n) is 16.2. The van der Waals surface area contributed by atoms with Crippen molar-refractivity contribution < 1.29 is 46.5 Å². The first-order chi connectivity index (χ1) is 30.2. The van der Waals surface area contributed by atoms with Gasteiger partial charge in [-0.25, -0.2) is 0 Å². The molecule has 2 atom stereocenters. The Balaban J connectivity index is 0.000000404. The largest absolute Gasteiger partial charge is 0.759 e. The third-order valence-electron chi connectivity index (χ3n) is 9.49. The molecule has 4 aromatic carbocycles. The van der Waals surface area contributed by atoms with Crippen molar-refractivity contribution in [3.05, 3.63) is 115 Å². The Hall–Kier alpha value is -5.23. The van der Waals surface area contributed by atoms with Crippen LogP contribution in [0.3, 0.4) is 0 Å². The van der Waals surface area contributed by atoms with Gasteiger partial charge in [-0.2, -0.15) is 10.2 Å². The predicted octanol–water partition coefficient (Wildman–Crippen LogP) is 8.56. The number of aliphatic hydroxyl groups is 2. The number of hydrogen-bond donors (Lipinski definition) is 2. The van der Waals surface area contributed by atoms with Gasteiger partial charge in [0.1, 0.15) is 36.7 Å². The lowest BCUT2D eigenvalue weighted by Crippen LogP contribution is -2.49. The zero-order valence-electron chi connectivity index (χ0n) is 37.7. The number of aliphatic hydroxyl groups excluding tert-OH is 2. The minimum atomic E-state index is -5.17. The number of rotatable bonds is 20. The van der Waals surface area contributed by atoms with Crippen molar-refractivity contribution >= 4 is 79.1 Å². The summed E-state index contributed by atoms with van der Waals surface area (Å²) in [7, 11) is 3.31. The van der Waals surface area contributed by atoms with Gasteiger partial charge in [0.25, 0.3) is 11.4 Å². The fraction of sp³-hybridized carbons (Fsp3) is 0.429. The van der Waals surface area contributed by atoms with E-state index in [1.165, 1.54) is 36.4 Å². The summed E-state index contributed by atoms with van der Waals surface area (Å²) in [5.74, 6) is 0. The van der Waals surface area contributed by atoms with E-state index in [0.717, 1.165) is 59.6 Å². The minimum absolute atomic E-state index is 0.0850. The number of nitrogens with zero attached hydrogens (tertiary/aromatic N) is 10. The van der Waals surface area contributed by atoms with Crippen LogP contribution in [-0.2, 0) is 10.4 Å². The summed E-state index contributed by atoms with van der Waals surface area (Å²) < 4.78 is 35.6. The van der Waals surface area contributed by atoms with Gasteiger partial charge in [-0.1, -0.05) is 23.2 Å². The number of azo groups is 2. The van der Waals surface area contributed by atoms with Crippen molar-refractivity contribution in [1.82, 2.24) is 0 Å². The van der Waals surface area contributed by atoms with Gasteiger partial charge >= 0.3 is 0 Å². The van der Waals surface area contributed by atoms with Crippen LogP contribution in [-0.4, -0.2) is 139 Å². The fourth-order valence-electron chi connectivity index (χ4n) is 6.40. The van der Waals surface area contributed by atoms with Crippen LogP contribution in [0.5, 0.6) is 0 Å². The molecule has 0 saturated heterocycles. The lowest BCUT2D eigenvalue weighted by atomic mass is 10.2. The van der Waals surface area contributed by atoms with E-state index in [1.807, 2.05) is 62.4 Å². The number of anilines is 2. The lowest BCUT2D eigenvalue weighted by molar-refractivity contribution is -0.891. The average molecular weight is 966 g/mol. The highest BCUT2D eigenvalue weighted by atomic mass is 35.5.